The Kier molecular flexibility index (Phi) is 5.09. The van der Waals surface area contributed by atoms with Gasteiger partial charge in [0.25, 0.3) is 0 Å². The largest absolute Gasteiger partial charge is 0.354 e. The van der Waals surface area contributed by atoms with Gasteiger partial charge in [0.2, 0.25) is 0 Å². The van der Waals surface area contributed by atoms with Gasteiger partial charge in [-0.1, -0.05) is 18.2 Å². The number of imidazole rings is 1. The fourth-order valence-corrected chi connectivity index (χ4v) is 3.85. The number of aryl methyl sites for hydroxylation is 1. The number of benzene rings is 1. The Labute approximate surface area is 165 Å². The molecule has 0 aliphatic carbocycles. The molecule has 5 nitrogen and oxygen atoms in total. The highest BCUT2D eigenvalue weighted by Crippen LogP contribution is 2.19. The van der Waals surface area contributed by atoms with Crippen molar-refractivity contribution in [2.75, 3.05) is 31.1 Å². The van der Waals surface area contributed by atoms with Crippen molar-refractivity contribution in [3.8, 4) is 5.69 Å². The number of hydrogen-bond acceptors (Lipinski definition) is 4. The molecule has 3 heterocycles. The number of hydrogen-bond donors (Lipinski definition) is 0. The molecule has 0 radical (unpaired) electrons. The van der Waals surface area contributed by atoms with E-state index < -0.39 is 0 Å². The number of rotatable bonds is 4. The van der Waals surface area contributed by atoms with Crippen molar-refractivity contribution < 1.29 is 0 Å². The maximum Gasteiger partial charge on any atom is 0.185 e. The van der Waals surface area contributed by atoms with Gasteiger partial charge in [-0.05, 0) is 55.4 Å². The van der Waals surface area contributed by atoms with Crippen molar-refractivity contribution in [2.45, 2.75) is 20.5 Å². The minimum atomic E-state index is 0.826. The molecule has 0 atom stereocenters. The van der Waals surface area contributed by atoms with Crippen molar-refractivity contribution in [3.63, 3.8) is 0 Å². The van der Waals surface area contributed by atoms with Crippen LogP contribution in [0.4, 0.5) is 5.82 Å². The van der Waals surface area contributed by atoms with Gasteiger partial charge in [0.15, 0.2) is 4.77 Å². The van der Waals surface area contributed by atoms with Crippen LogP contribution in [0.15, 0.2) is 55.0 Å². The minimum absolute atomic E-state index is 0.826. The van der Waals surface area contributed by atoms with E-state index in [4.69, 9.17) is 12.2 Å². The lowest BCUT2D eigenvalue weighted by atomic mass is 10.1. The second kappa shape index (κ2) is 7.66. The molecule has 0 amide bonds. The predicted molar refractivity (Wildman–Crippen MR) is 112 cm³/mol. The third kappa shape index (κ3) is 3.68. The van der Waals surface area contributed by atoms with Gasteiger partial charge in [0.05, 0.1) is 12.4 Å². The van der Waals surface area contributed by atoms with Crippen LogP contribution in [0.5, 0.6) is 0 Å². The molecule has 0 unspecified atom stereocenters. The van der Waals surface area contributed by atoms with Gasteiger partial charge in [-0.3, -0.25) is 9.47 Å². The quantitative estimate of drug-likeness (QED) is 0.645. The molecule has 1 aliphatic rings. The summed E-state index contributed by atoms with van der Waals surface area (Å²) >= 11 is 5.76. The van der Waals surface area contributed by atoms with E-state index >= 15 is 0 Å². The molecule has 6 heteroatoms. The molecular weight excluding hydrogens is 354 g/mol. The van der Waals surface area contributed by atoms with Crippen molar-refractivity contribution in [3.05, 3.63) is 70.9 Å². The van der Waals surface area contributed by atoms with Crippen LogP contribution in [-0.2, 0) is 6.67 Å². The van der Waals surface area contributed by atoms with E-state index in [1.54, 1.807) is 0 Å². The normalized spacial score (nSPS) is 15.3. The Bertz CT molecular complexity index is 968. The summed E-state index contributed by atoms with van der Waals surface area (Å²) < 4.78 is 5.12. The SMILES string of the molecule is Cc1cccc(-n2ccn(CN3CCN(c4ccccn4)CC3)c2=S)c1C. The van der Waals surface area contributed by atoms with E-state index in [1.165, 1.54) is 16.8 Å². The summed E-state index contributed by atoms with van der Waals surface area (Å²) in [5, 5.41) is 0. The molecule has 0 N–H and O–H groups in total. The van der Waals surface area contributed by atoms with E-state index in [1.807, 2.05) is 18.3 Å². The maximum atomic E-state index is 5.76. The summed E-state index contributed by atoms with van der Waals surface area (Å²) in [5.74, 6) is 1.06. The lowest BCUT2D eigenvalue weighted by Gasteiger charge is -2.35. The Morgan fingerprint density at radius 2 is 1.78 bits per heavy atom. The van der Waals surface area contributed by atoms with Gasteiger partial charge in [0, 0.05) is 44.8 Å². The molecule has 3 aromatic rings. The highest BCUT2D eigenvalue weighted by atomic mass is 32.1. The fourth-order valence-electron chi connectivity index (χ4n) is 3.58. The summed E-state index contributed by atoms with van der Waals surface area (Å²) in [5.41, 5.74) is 3.72. The first-order valence-electron chi connectivity index (χ1n) is 9.36. The molecule has 27 heavy (non-hydrogen) atoms. The van der Waals surface area contributed by atoms with E-state index in [9.17, 15) is 0 Å². The lowest BCUT2D eigenvalue weighted by Crippen LogP contribution is -2.47. The molecule has 140 valence electrons. The summed E-state index contributed by atoms with van der Waals surface area (Å²) in [7, 11) is 0. The highest BCUT2D eigenvalue weighted by molar-refractivity contribution is 7.71. The van der Waals surface area contributed by atoms with Crippen molar-refractivity contribution >= 4 is 18.0 Å². The average molecular weight is 380 g/mol. The Morgan fingerprint density at radius 3 is 2.52 bits per heavy atom. The zero-order valence-electron chi connectivity index (χ0n) is 15.9. The predicted octanol–water partition coefficient (Wildman–Crippen LogP) is 3.80. The van der Waals surface area contributed by atoms with Gasteiger partial charge in [-0.2, -0.15) is 0 Å². The lowest BCUT2D eigenvalue weighted by molar-refractivity contribution is 0.204. The van der Waals surface area contributed by atoms with E-state index in [0.717, 1.165) is 43.4 Å². The van der Waals surface area contributed by atoms with Crippen LogP contribution in [0.25, 0.3) is 5.69 Å². The van der Waals surface area contributed by atoms with Crippen LogP contribution >= 0.6 is 12.2 Å². The van der Waals surface area contributed by atoms with Crippen LogP contribution in [0, 0.1) is 18.6 Å². The summed E-state index contributed by atoms with van der Waals surface area (Å²) in [6.45, 7) is 9.11. The van der Waals surface area contributed by atoms with E-state index in [0.29, 0.717) is 0 Å². The highest BCUT2D eigenvalue weighted by Gasteiger charge is 2.18. The second-order valence-electron chi connectivity index (χ2n) is 7.07. The van der Waals surface area contributed by atoms with Crippen molar-refractivity contribution in [1.29, 1.82) is 0 Å². The minimum Gasteiger partial charge on any atom is -0.354 e. The smallest absolute Gasteiger partial charge is 0.185 e. The number of piperazine rings is 1. The molecule has 1 fully saturated rings. The molecule has 0 bridgehead atoms. The third-order valence-electron chi connectivity index (χ3n) is 5.38. The molecule has 1 aliphatic heterocycles. The first kappa shape index (κ1) is 17.9. The molecule has 2 aromatic heterocycles. The van der Waals surface area contributed by atoms with Gasteiger partial charge in [-0.15, -0.1) is 0 Å². The average Bonchev–Trinajstić information content (AvgIpc) is 3.05. The molecule has 0 saturated carbocycles. The topological polar surface area (TPSA) is 29.2 Å². The van der Waals surface area contributed by atoms with Crippen molar-refractivity contribution in [1.82, 2.24) is 19.0 Å². The molecule has 1 aromatic carbocycles. The molecule has 0 spiro atoms. The van der Waals surface area contributed by atoms with Gasteiger partial charge in [-0.25, -0.2) is 4.98 Å². The number of anilines is 1. The van der Waals surface area contributed by atoms with Gasteiger partial charge < -0.3 is 9.47 Å². The van der Waals surface area contributed by atoms with Gasteiger partial charge >= 0.3 is 0 Å². The monoisotopic (exact) mass is 379 g/mol. The van der Waals surface area contributed by atoms with Crippen molar-refractivity contribution in [2.24, 2.45) is 0 Å². The first-order chi connectivity index (χ1) is 13.1. The standard InChI is InChI=1S/C21H25N5S/c1-17-6-5-7-19(18(17)2)26-15-14-25(21(26)27)16-23-10-12-24(13-11-23)20-8-3-4-9-22-20/h3-9,14-15H,10-13,16H2,1-2H3. The van der Waals surface area contributed by atoms with Crippen LogP contribution in [0.2, 0.25) is 0 Å². The molecule has 4 rings (SSSR count). The third-order valence-corrected chi connectivity index (χ3v) is 5.81. The number of nitrogens with zero attached hydrogens (tertiary/aromatic N) is 5. The maximum absolute atomic E-state index is 5.76. The summed E-state index contributed by atoms with van der Waals surface area (Å²) in [4.78, 5) is 9.25. The zero-order valence-corrected chi connectivity index (χ0v) is 16.7. The van der Waals surface area contributed by atoms with Crippen LogP contribution in [0.3, 0.4) is 0 Å². The van der Waals surface area contributed by atoms with Crippen LogP contribution < -0.4 is 4.90 Å². The van der Waals surface area contributed by atoms with E-state index in [-0.39, 0.29) is 0 Å². The Balaban J connectivity index is 1.45. The summed E-state index contributed by atoms with van der Waals surface area (Å²) in [6, 6.07) is 12.4. The summed E-state index contributed by atoms with van der Waals surface area (Å²) in [6.07, 6.45) is 6.03. The molecular formula is C21H25N5S. The zero-order chi connectivity index (χ0) is 18.8. The second-order valence-corrected chi connectivity index (χ2v) is 7.44. The van der Waals surface area contributed by atoms with Crippen LogP contribution in [-0.4, -0.2) is 45.2 Å². The Morgan fingerprint density at radius 1 is 0.963 bits per heavy atom. The van der Waals surface area contributed by atoms with Crippen LogP contribution in [0.1, 0.15) is 11.1 Å². The molecule has 1 saturated heterocycles. The van der Waals surface area contributed by atoms with E-state index in [2.05, 4.69) is 74.4 Å². The number of aromatic nitrogens is 3. The van der Waals surface area contributed by atoms with Gasteiger partial charge in [0.1, 0.15) is 5.82 Å². The first-order valence-corrected chi connectivity index (χ1v) is 9.77. The fraction of sp³-hybridized carbons (Fsp3) is 0.333. The Hall–Kier alpha value is -2.44. The number of pyridine rings is 1.